The summed E-state index contributed by atoms with van der Waals surface area (Å²) in [4.78, 5) is 63.1. The van der Waals surface area contributed by atoms with Crippen LogP contribution in [0.5, 0.6) is 5.75 Å². The SMILES string of the molecule is COc1cc(C(=O)NC2CC3(CCN(CC4CCN(c5ccc(C6CCC(=O)NC6=O)cc5F)CC4)CC3)C2)ccc1Nc1ncc2c(n1)NCC(F)(F)C(=O)N2C. The second-order valence-electron chi connectivity index (χ2n) is 16.4. The number of amides is 4. The first-order valence-corrected chi connectivity index (χ1v) is 19.9. The van der Waals surface area contributed by atoms with E-state index < -0.39 is 24.3 Å². The Bertz CT molecular complexity index is 2100. The third-order valence-electron chi connectivity index (χ3n) is 12.6. The number of nitrogens with one attached hydrogen (secondary N) is 4. The molecule has 3 aromatic rings. The van der Waals surface area contributed by atoms with Crippen LogP contribution in [0, 0.1) is 17.2 Å². The first kappa shape index (κ1) is 39.4. The lowest BCUT2D eigenvalue weighted by molar-refractivity contribution is -0.140. The monoisotopic (exact) mass is 803 g/mol. The number of rotatable bonds is 9. The van der Waals surface area contributed by atoms with E-state index in [1.807, 2.05) is 6.07 Å². The van der Waals surface area contributed by atoms with Gasteiger partial charge in [-0.25, -0.2) is 9.37 Å². The number of imide groups is 1. The van der Waals surface area contributed by atoms with Crippen LogP contribution < -0.4 is 35.8 Å². The summed E-state index contributed by atoms with van der Waals surface area (Å²) in [6, 6.07) is 10.1. The second-order valence-corrected chi connectivity index (χ2v) is 16.4. The van der Waals surface area contributed by atoms with E-state index in [1.165, 1.54) is 26.4 Å². The molecule has 1 spiro atoms. The third-order valence-corrected chi connectivity index (χ3v) is 12.6. The van der Waals surface area contributed by atoms with Crippen molar-refractivity contribution in [2.75, 3.05) is 73.9 Å². The summed E-state index contributed by atoms with van der Waals surface area (Å²) in [5, 5.41) is 11.1. The zero-order chi connectivity index (χ0) is 40.8. The molecule has 0 radical (unpaired) electrons. The van der Waals surface area contributed by atoms with Crippen molar-refractivity contribution in [1.29, 1.82) is 0 Å². The highest BCUT2D eigenvalue weighted by atomic mass is 19.3. The molecule has 1 saturated carbocycles. The molecule has 1 aromatic heterocycles. The Kier molecular flexibility index (Phi) is 10.7. The van der Waals surface area contributed by atoms with Crippen LogP contribution >= 0.6 is 0 Å². The van der Waals surface area contributed by atoms with E-state index in [-0.39, 0.29) is 58.9 Å². The van der Waals surface area contributed by atoms with Gasteiger partial charge in [-0.15, -0.1) is 0 Å². The van der Waals surface area contributed by atoms with E-state index in [2.05, 4.69) is 41.0 Å². The highest BCUT2D eigenvalue weighted by Gasteiger charge is 2.47. The summed E-state index contributed by atoms with van der Waals surface area (Å²) in [7, 11) is 2.72. The van der Waals surface area contributed by atoms with Gasteiger partial charge in [-0.2, -0.15) is 13.8 Å². The molecular formula is C41H48F3N9O5. The normalized spacial score (nSPS) is 22.4. The maximum atomic E-state index is 15.2. The van der Waals surface area contributed by atoms with Crippen molar-refractivity contribution in [2.45, 2.75) is 69.2 Å². The van der Waals surface area contributed by atoms with Gasteiger partial charge in [0.2, 0.25) is 17.8 Å². The molecule has 5 aliphatic rings. The molecule has 3 saturated heterocycles. The number of hydrogen-bond acceptors (Lipinski definition) is 11. The predicted octanol–water partition coefficient (Wildman–Crippen LogP) is 4.80. The van der Waals surface area contributed by atoms with Gasteiger partial charge in [0.25, 0.3) is 11.8 Å². The zero-order valence-electron chi connectivity index (χ0n) is 32.6. The largest absolute Gasteiger partial charge is 0.495 e. The van der Waals surface area contributed by atoms with Gasteiger partial charge in [-0.1, -0.05) is 6.07 Å². The van der Waals surface area contributed by atoms with Crippen LogP contribution in [0.25, 0.3) is 0 Å². The van der Waals surface area contributed by atoms with Gasteiger partial charge in [0.15, 0.2) is 5.82 Å². The summed E-state index contributed by atoms with van der Waals surface area (Å²) in [5.41, 5.74) is 2.43. The van der Waals surface area contributed by atoms with E-state index in [1.54, 1.807) is 24.3 Å². The molecule has 58 heavy (non-hydrogen) atoms. The highest BCUT2D eigenvalue weighted by Crippen LogP contribution is 2.49. The number of likely N-dealkylation sites (tertiary alicyclic amines) is 1. The molecule has 2 aromatic carbocycles. The number of carbonyl (C=O) groups excluding carboxylic acids is 4. The first-order chi connectivity index (χ1) is 27.8. The van der Waals surface area contributed by atoms with Gasteiger partial charge in [-0.05, 0) is 105 Å². The Balaban J connectivity index is 0.776. The average Bonchev–Trinajstić information content (AvgIpc) is 3.28. The fraction of sp³-hybridized carbons (Fsp3) is 0.512. The minimum atomic E-state index is -3.59. The fourth-order valence-corrected chi connectivity index (χ4v) is 9.20. The second kappa shape index (κ2) is 15.7. The van der Waals surface area contributed by atoms with Crippen molar-refractivity contribution in [3.8, 4) is 5.75 Å². The number of halogens is 3. The van der Waals surface area contributed by atoms with E-state index in [9.17, 15) is 28.0 Å². The van der Waals surface area contributed by atoms with Gasteiger partial charge in [0, 0.05) is 44.7 Å². The van der Waals surface area contributed by atoms with Crippen molar-refractivity contribution in [2.24, 2.45) is 11.3 Å². The molecule has 308 valence electrons. The van der Waals surface area contributed by atoms with Crippen molar-refractivity contribution >= 4 is 52.5 Å². The van der Waals surface area contributed by atoms with Crippen LogP contribution in [0.1, 0.15) is 73.2 Å². The first-order valence-electron chi connectivity index (χ1n) is 19.9. The molecule has 1 unspecified atom stereocenters. The quantitative estimate of drug-likeness (QED) is 0.220. The number of hydrogen-bond donors (Lipinski definition) is 4. The number of nitrogens with zero attached hydrogens (tertiary/aromatic N) is 5. The molecule has 4 N–H and O–H groups in total. The van der Waals surface area contributed by atoms with Gasteiger partial charge < -0.3 is 35.4 Å². The van der Waals surface area contributed by atoms with Gasteiger partial charge >= 0.3 is 5.92 Å². The highest BCUT2D eigenvalue weighted by molar-refractivity contribution is 6.02. The summed E-state index contributed by atoms with van der Waals surface area (Å²) < 4.78 is 49.1. The Morgan fingerprint density at radius 2 is 1.76 bits per heavy atom. The number of methoxy groups -OCH3 is 1. The van der Waals surface area contributed by atoms with Crippen LogP contribution in [-0.2, 0) is 14.4 Å². The third kappa shape index (κ3) is 8.00. The van der Waals surface area contributed by atoms with E-state index in [0.717, 1.165) is 76.1 Å². The summed E-state index contributed by atoms with van der Waals surface area (Å²) >= 11 is 0. The minimum absolute atomic E-state index is 0.0785. The molecule has 8 rings (SSSR count). The van der Waals surface area contributed by atoms with Gasteiger partial charge in [0.1, 0.15) is 17.3 Å². The molecule has 4 amide bonds. The molecule has 1 aliphatic carbocycles. The number of anilines is 5. The van der Waals surface area contributed by atoms with Gasteiger partial charge in [-0.3, -0.25) is 24.5 Å². The van der Waals surface area contributed by atoms with Crippen LogP contribution in [0.2, 0.25) is 0 Å². The van der Waals surface area contributed by atoms with Gasteiger partial charge in [0.05, 0.1) is 37.1 Å². The number of fused-ring (bicyclic) bond motifs is 1. The molecular weight excluding hydrogens is 756 g/mol. The zero-order valence-corrected chi connectivity index (χ0v) is 32.6. The predicted molar refractivity (Wildman–Crippen MR) is 210 cm³/mol. The maximum absolute atomic E-state index is 15.2. The molecule has 17 heteroatoms. The number of ether oxygens (including phenoxy) is 1. The van der Waals surface area contributed by atoms with Crippen LogP contribution in [0.15, 0.2) is 42.6 Å². The van der Waals surface area contributed by atoms with Crippen molar-refractivity contribution in [3.63, 3.8) is 0 Å². The Labute approximate surface area is 334 Å². The van der Waals surface area contributed by atoms with Crippen LogP contribution in [-0.4, -0.2) is 104 Å². The molecule has 4 fully saturated rings. The smallest absolute Gasteiger partial charge is 0.341 e. The number of carbonyl (C=O) groups is 4. The van der Waals surface area contributed by atoms with Crippen molar-refractivity contribution in [1.82, 2.24) is 25.5 Å². The Hall–Kier alpha value is -5.45. The fourth-order valence-electron chi connectivity index (χ4n) is 9.20. The Morgan fingerprint density at radius 3 is 2.47 bits per heavy atom. The Morgan fingerprint density at radius 1 is 1.00 bits per heavy atom. The lowest BCUT2D eigenvalue weighted by Crippen LogP contribution is -2.55. The van der Waals surface area contributed by atoms with Crippen molar-refractivity contribution in [3.05, 3.63) is 59.5 Å². The number of alkyl halides is 2. The topological polar surface area (TPSA) is 161 Å². The minimum Gasteiger partial charge on any atom is -0.495 e. The molecule has 4 aliphatic heterocycles. The molecule has 1 atom stereocenters. The number of piperidine rings is 3. The van der Waals surface area contributed by atoms with E-state index in [4.69, 9.17) is 4.74 Å². The number of aromatic nitrogens is 2. The van der Waals surface area contributed by atoms with Crippen LogP contribution in [0.4, 0.5) is 42.0 Å². The molecule has 14 nitrogen and oxygen atoms in total. The molecule has 5 heterocycles. The average molecular weight is 804 g/mol. The summed E-state index contributed by atoms with van der Waals surface area (Å²) in [5.74, 6) is -5.53. The maximum Gasteiger partial charge on any atom is 0.341 e. The summed E-state index contributed by atoms with van der Waals surface area (Å²) in [6.07, 6.45) is 7.96. The van der Waals surface area contributed by atoms with Crippen LogP contribution in [0.3, 0.4) is 0 Å². The van der Waals surface area contributed by atoms with E-state index in [0.29, 0.717) is 40.6 Å². The lowest BCUT2D eigenvalue weighted by Gasteiger charge is -2.52. The van der Waals surface area contributed by atoms with Crippen molar-refractivity contribution < 1.29 is 37.1 Å². The standard InChI is InChI=1S/C41H48F3N9O5/c1-51-32-21-45-39(50-35(32)46-23-41(43,44)38(51)57)48-30-6-3-26(18-33(30)58-2)36(55)47-27-19-40(20-27)11-15-52(16-12-40)22-24-9-13-53(14-10-24)31-7-4-25(17-29(31)42)28-5-8-34(54)49-37(28)56/h3-4,6-7,17-18,21,24,27-28H,5,8-16,19-20,22-23H2,1-2H3,(H,47,55)(H,49,54,56)(H2,45,46,48,50). The summed E-state index contributed by atoms with van der Waals surface area (Å²) in [6.45, 7) is 3.73. The lowest BCUT2D eigenvalue weighted by atomic mass is 9.60. The molecule has 0 bridgehead atoms. The number of benzene rings is 2. The van der Waals surface area contributed by atoms with E-state index >= 15 is 4.39 Å².